The highest BCUT2D eigenvalue weighted by atomic mass is 16.1. The molecule has 1 unspecified atom stereocenters. The predicted molar refractivity (Wildman–Crippen MR) is 87.6 cm³/mol. The van der Waals surface area contributed by atoms with Crippen molar-refractivity contribution in [2.75, 3.05) is 0 Å². The van der Waals surface area contributed by atoms with Crippen molar-refractivity contribution in [2.24, 2.45) is 11.3 Å². The number of aldehydes is 1. The van der Waals surface area contributed by atoms with Crippen LogP contribution < -0.4 is 0 Å². The molecule has 0 heterocycles. The molecule has 0 bridgehead atoms. The van der Waals surface area contributed by atoms with E-state index in [1.165, 1.54) is 36.0 Å². The first-order valence-corrected chi connectivity index (χ1v) is 7.55. The van der Waals surface area contributed by atoms with Gasteiger partial charge in [0, 0.05) is 5.92 Å². The molecule has 1 heteroatoms. The lowest BCUT2D eigenvalue weighted by Gasteiger charge is -2.32. The monoisotopic (exact) mass is 272 g/mol. The zero-order chi connectivity index (χ0) is 15.2. The largest absolute Gasteiger partial charge is 0.303 e. The van der Waals surface area contributed by atoms with E-state index in [9.17, 15) is 4.79 Å². The molecule has 0 aromatic rings. The Morgan fingerprint density at radius 1 is 1.35 bits per heavy atom. The van der Waals surface area contributed by atoms with E-state index in [1.807, 2.05) is 19.1 Å². The highest BCUT2D eigenvalue weighted by Crippen LogP contribution is 2.40. The lowest BCUT2D eigenvalue weighted by atomic mass is 9.72. The average molecular weight is 272 g/mol. The van der Waals surface area contributed by atoms with Crippen molar-refractivity contribution < 1.29 is 4.79 Å². The lowest BCUT2D eigenvalue weighted by molar-refractivity contribution is -0.109. The predicted octanol–water partition coefficient (Wildman–Crippen LogP) is 5.41. The molecule has 110 valence electrons. The second-order valence-corrected chi connectivity index (χ2v) is 6.56. The van der Waals surface area contributed by atoms with Crippen LogP contribution in [0.15, 0.2) is 47.1 Å². The second-order valence-electron chi connectivity index (χ2n) is 6.56. The summed E-state index contributed by atoms with van der Waals surface area (Å²) in [5.74, 6) is -0.00902. The molecule has 0 aromatic heterocycles. The van der Waals surface area contributed by atoms with E-state index in [1.54, 1.807) is 0 Å². The molecule has 0 saturated heterocycles. The van der Waals surface area contributed by atoms with Gasteiger partial charge in [-0.1, -0.05) is 62.3 Å². The first-order valence-electron chi connectivity index (χ1n) is 7.55. The van der Waals surface area contributed by atoms with E-state index in [-0.39, 0.29) is 5.92 Å². The topological polar surface area (TPSA) is 17.1 Å². The van der Waals surface area contributed by atoms with Gasteiger partial charge in [0.05, 0.1) is 0 Å². The van der Waals surface area contributed by atoms with Crippen LogP contribution in [0.4, 0.5) is 0 Å². The molecule has 0 fully saturated rings. The van der Waals surface area contributed by atoms with Gasteiger partial charge in [0.1, 0.15) is 6.29 Å². The minimum absolute atomic E-state index is 0.00902. The Balaban J connectivity index is 2.78. The molecule has 0 radical (unpaired) electrons. The second kappa shape index (κ2) is 7.42. The van der Waals surface area contributed by atoms with E-state index in [4.69, 9.17) is 0 Å². The van der Waals surface area contributed by atoms with Crippen LogP contribution in [0.2, 0.25) is 0 Å². The Labute approximate surface area is 124 Å². The van der Waals surface area contributed by atoms with Crippen molar-refractivity contribution in [3.05, 3.63) is 47.1 Å². The summed E-state index contributed by atoms with van der Waals surface area (Å²) in [4.78, 5) is 10.5. The molecular formula is C19H28O. The van der Waals surface area contributed by atoms with Gasteiger partial charge >= 0.3 is 0 Å². The third-order valence-corrected chi connectivity index (χ3v) is 4.04. The van der Waals surface area contributed by atoms with Gasteiger partial charge in [0.25, 0.3) is 0 Å². The molecule has 0 aromatic carbocycles. The van der Waals surface area contributed by atoms with Gasteiger partial charge in [0.2, 0.25) is 0 Å². The molecule has 0 saturated carbocycles. The molecule has 1 atom stereocenters. The standard InChI is InChI=1S/C19H28O/c1-15(8-6-9-16(2)14-20)11-12-18-17(3)10-7-13-19(18,4)5/h6,8-9,11-12,14,16H,7,10,13H2,1-5H3/b9-6?,12-11+,15-8-. The summed E-state index contributed by atoms with van der Waals surface area (Å²) in [5.41, 5.74) is 4.51. The Morgan fingerprint density at radius 3 is 2.65 bits per heavy atom. The highest BCUT2D eigenvalue weighted by Gasteiger charge is 2.26. The van der Waals surface area contributed by atoms with Crippen LogP contribution in [0.25, 0.3) is 0 Å². The molecule has 0 spiro atoms. The number of hydrogen-bond donors (Lipinski definition) is 0. The molecule has 1 aliphatic carbocycles. The molecule has 1 aliphatic rings. The van der Waals surface area contributed by atoms with E-state index >= 15 is 0 Å². The summed E-state index contributed by atoms with van der Waals surface area (Å²) < 4.78 is 0. The summed E-state index contributed by atoms with van der Waals surface area (Å²) in [7, 11) is 0. The lowest BCUT2D eigenvalue weighted by Crippen LogP contribution is -2.19. The summed E-state index contributed by atoms with van der Waals surface area (Å²) in [6.45, 7) is 10.9. The zero-order valence-corrected chi connectivity index (χ0v) is 13.6. The van der Waals surface area contributed by atoms with Crippen molar-refractivity contribution in [3.63, 3.8) is 0 Å². The van der Waals surface area contributed by atoms with Gasteiger partial charge in [-0.05, 0) is 44.1 Å². The molecule has 20 heavy (non-hydrogen) atoms. The van der Waals surface area contributed by atoms with E-state index in [2.05, 4.69) is 45.9 Å². The first-order chi connectivity index (χ1) is 9.36. The van der Waals surface area contributed by atoms with Crippen LogP contribution in [0.3, 0.4) is 0 Å². The van der Waals surface area contributed by atoms with Crippen molar-refractivity contribution in [3.8, 4) is 0 Å². The van der Waals surface area contributed by atoms with Crippen LogP contribution in [0.5, 0.6) is 0 Å². The number of rotatable bonds is 5. The SMILES string of the molecule is CC1=C(/C=C/C(C)=C\C=CC(C)C=O)C(C)(C)CCC1. The van der Waals surface area contributed by atoms with Crippen LogP contribution in [0, 0.1) is 11.3 Å². The first kappa shape index (κ1) is 16.7. The van der Waals surface area contributed by atoms with Gasteiger partial charge in [0.15, 0.2) is 0 Å². The van der Waals surface area contributed by atoms with E-state index < -0.39 is 0 Å². The van der Waals surface area contributed by atoms with Crippen LogP contribution in [-0.4, -0.2) is 6.29 Å². The maximum Gasteiger partial charge on any atom is 0.126 e. The third-order valence-electron chi connectivity index (χ3n) is 4.04. The smallest absolute Gasteiger partial charge is 0.126 e. The average Bonchev–Trinajstić information content (AvgIpc) is 2.37. The summed E-state index contributed by atoms with van der Waals surface area (Å²) in [6, 6.07) is 0. The van der Waals surface area contributed by atoms with E-state index in [0.717, 1.165) is 6.29 Å². The van der Waals surface area contributed by atoms with Crippen molar-refractivity contribution in [2.45, 2.75) is 53.9 Å². The fourth-order valence-corrected chi connectivity index (χ4v) is 2.71. The van der Waals surface area contributed by atoms with Gasteiger partial charge < -0.3 is 4.79 Å². The zero-order valence-electron chi connectivity index (χ0n) is 13.6. The Bertz CT molecular complexity index is 458. The number of hydrogen-bond acceptors (Lipinski definition) is 1. The van der Waals surface area contributed by atoms with Gasteiger partial charge in [-0.15, -0.1) is 0 Å². The molecule has 1 rings (SSSR count). The van der Waals surface area contributed by atoms with Crippen molar-refractivity contribution in [1.82, 2.24) is 0 Å². The maximum atomic E-state index is 10.5. The number of carbonyl (C=O) groups excluding carboxylic acids is 1. The fourth-order valence-electron chi connectivity index (χ4n) is 2.71. The fraction of sp³-hybridized carbons (Fsp3) is 0.526. The Morgan fingerprint density at radius 2 is 2.05 bits per heavy atom. The van der Waals surface area contributed by atoms with Crippen molar-refractivity contribution in [1.29, 1.82) is 0 Å². The molecule has 1 nitrogen and oxygen atoms in total. The normalized spacial score (nSPS) is 21.8. The Kier molecular flexibility index (Phi) is 6.19. The third kappa shape index (κ3) is 4.96. The quantitative estimate of drug-likeness (QED) is 0.483. The minimum Gasteiger partial charge on any atom is -0.303 e. The van der Waals surface area contributed by atoms with Gasteiger partial charge in [-0.3, -0.25) is 0 Å². The Hall–Kier alpha value is -1.37. The summed E-state index contributed by atoms with van der Waals surface area (Å²) in [5, 5.41) is 0. The van der Waals surface area contributed by atoms with Gasteiger partial charge in [-0.25, -0.2) is 0 Å². The molecule has 0 N–H and O–H groups in total. The molecule has 0 aliphatic heterocycles. The van der Waals surface area contributed by atoms with Gasteiger partial charge in [-0.2, -0.15) is 0 Å². The maximum absolute atomic E-state index is 10.5. The molecular weight excluding hydrogens is 244 g/mol. The van der Waals surface area contributed by atoms with Crippen LogP contribution in [-0.2, 0) is 4.79 Å². The minimum atomic E-state index is -0.00902. The highest BCUT2D eigenvalue weighted by molar-refractivity contribution is 5.55. The van der Waals surface area contributed by atoms with E-state index in [0.29, 0.717) is 5.41 Å². The number of carbonyl (C=O) groups is 1. The van der Waals surface area contributed by atoms with Crippen LogP contribution in [0.1, 0.15) is 53.9 Å². The summed E-state index contributed by atoms with van der Waals surface area (Å²) >= 11 is 0. The summed E-state index contributed by atoms with van der Waals surface area (Å²) in [6.07, 6.45) is 15.1. The van der Waals surface area contributed by atoms with Crippen LogP contribution >= 0.6 is 0 Å². The molecule has 0 amide bonds. The van der Waals surface area contributed by atoms with Crippen molar-refractivity contribution >= 4 is 6.29 Å². The number of allylic oxidation sites excluding steroid dienone is 8.